The first-order valence-electron chi connectivity index (χ1n) is 14.1. The summed E-state index contributed by atoms with van der Waals surface area (Å²) < 4.78 is 75.2. The number of ether oxygens (including phenoxy) is 1. The predicted octanol–water partition coefficient (Wildman–Crippen LogP) is 4.31. The van der Waals surface area contributed by atoms with E-state index >= 15 is 0 Å². The van der Waals surface area contributed by atoms with Gasteiger partial charge in [-0.1, -0.05) is 6.07 Å². The third-order valence-electron chi connectivity index (χ3n) is 8.39. The molecule has 230 valence electrons. The Balaban J connectivity index is 1.34. The van der Waals surface area contributed by atoms with Crippen LogP contribution in [0, 0.1) is 11.3 Å². The summed E-state index contributed by atoms with van der Waals surface area (Å²) in [5.74, 6) is 0.409. The molecule has 3 aliphatic rings. The fraction of sp³-hybridized carbons (Fsp3) is 0.500. The quantitative estimate of drug-likeness (QED) is 0.439. The molecule has 1 saturated carbocycles. The van der Waals surface area contributed by atoms with Crippen molar-refractivity contribution < 1.29 is 31.1 Å². The second-order valence-corrected chi connectivity index (χ2v) is 13.7. The summed E-state index contributed by atoms with van der Waals surface area (Å²) in [5.41, 5.74) is -2.19. The number of alkyl halides is 3. The molecule has 1 amide bonds. The highest BCUT2D eigenvalue weighted by molar-refractivity contribution is 7.90. The van der Waals surface area contributed by atoms with Gasteiger partial charge in [-0.2, -0.15) is 21.6 Å². The Morgan fingerprint density at radius 3 is 2.65 bits per heavy atom. The molecule has 1 saturated heterocycles. The number of aromatic nitrogens is 4. The van der Waals surface area contributed by atoms with Crippen LogP contribution in [-0.2, 0) is 10.0 Å². The van der Waals surface area contributed by atoms with Crippen LogP contribution in [0.3, 0.4) is 0 Å². The molecule has 1 atom stereocenters. The van der Waals surface area contributed by atoms with Crippen molar-refractivity contribution in [2.75, 3.05) is 29.9 Å². The highest BCUT2D eigenvalue weighted by atomic mass is 32.2. The molecule has 0 spiro atoms. The van der Waals surface area contributed by atoms with Crippen molar-refractivity contribution >= 4 is 27.6 Å². The number of carbonyl (C=O) groups is 1. The number of sulfonamides is 1. The number of fused-ring (bicyclic) bond motifs is 6. The molecule has 2 fully saturated rings. The zero-order chi connectivity index (χ0) is 30.6. The van der Waals surface area contributed by atoms with E-state index < -0.39 is 39.7 Å². The maximum Gasteiger partial charge on any atom is 0.397 e. The number of carbonyl (C=O) groups excluding carboxylic acids is 1. The molecule has 1 unspecified atom stereocenters. The van der Waals surface area contributed by atoms with Crippen LogP contribution < -0.4 is 19.7 Å². The first-order chi connectivity index (χ1) is 20.3. The van der Waals surface area contributed by atoms with Gasteiger partial charge in [0.15, 0.2) is 10.8 Å². The van der Waals surface area contributed by atoms with E-state index in [1.54, 1.807) is 12.1 Å². The topological polar surface area (TPSA) is 131 Å². The summed E-state index contributed by atoms with van der Waals surface area (Å²) in [5, 5.41) is 7.14. The molecule has 6 rings (SSSR count). The average molecular weight is 620 g/mol. The van der Waals surface area contributed by atoms with Gasteiger partial charge in [0.25, 0.3) is 15.9 Å². The summed E-state index contributed by atoms with van der Waals surface area (Å²) in [6, 6.07) is 8.96. The number of amides is 1. The number of halogens is 3. The van der Waals surface area contributed by atoms with Crippen LogP contribution in [0.1, 0.15) is 56.3 Å². The van der Waals surface area contributed by atoms with Gasteiger partial charge in [-0.25, -0.2) is 19.4 Å². The Morgan fingerprint density at radius 2 is 1.91 bits per heavy atom. The molecule has 2 N–H and O–H groups in total. The van der Waals surface area contributed by atoms with Crippen LogP contribution in [0.4, 0.5) is 24.8 Å². The number of nitrogens with one attached hydrogen (secondary N) is 2. The van der Waals surface area contributed by atoms with Gasteiger partial charge < -0.3 is 15.0 Å². The number of hydrogen-bond acceptors (Lipinski definition) is 9. The number of anilines is 2. The van der Waals surface area contributed by atoms with Crippen LogP contribution in [0.25, 0.3) is 5.82 Å². The van der Waals surface area contributed by atoms with Crippen LogP contribution in [0.5, 0.6) is 5.88 Å². The highest BCUT2D eigenvalue weighted by Gasteiger charge is 2.64. The lowest BCUT2D eigenvalue weighted by Crippen LogP contribution is -2.41. The third kappa shape index (κ3) is 5.74. The van der Waals surface area contributed by atoms with E-state index in [9.17, 15) is 26.4 Å². The molecule has 0 radical (unpaired) electrons. The largest absolute Gasteiger partial charge is 0.476 e. The van der Waals surface area contributed by atoms with Gasteiger partial charge in [0, 0.05) is 30.9 Å². The number of hydrogen-bond donors (Lipinski definition) is 2. The second-order valence-electron chi connectivity index (χ2n) is 12.1. The van der Waals surface area contributed by atoms with Crippen LogP contribution in [0.2, 0.25) is 0 Å². The molecule has 0 aromatic carbocycles. The Hall–Kier alpha value is -3.88. The van der Waals surface area contributed by atoms with Crippen molar-refractivity contribution in [3.63, 3.8) is 0 Å². The minimum atomic E-state index is -4.34. The van der Waals surface area contributed by atoms with E-state index in [0.29, 0.717) is 24.8 Å². The second kappa shape index (κ2) is 10.4. The Bertz CT molecular complexity index is 1650. The molecule has 43 heavy (non-hydrogen) atoms. The van der Waals surface area contributed by atoms with Gasteiger partial charge in [-0.05, 0) is 76.1 Å². The fourth-order valence-electron chi connectivity index (χ4n) is 5.79. The van der Waals surface area contributed by atoms with Crippen molar-refractivity contribution in [1.29, 1.82) is 0 Å². The summed E-state index contributed by atoms with van der Waals surface area (Å²) in [4.78, 5) is 24.5. The van der Waals surface area contributed by atoms with Crippen molar-refractivity contribution in [3.8, 4) is 11.7 Å². The SMILES string of the molecule is CC1(C)CC2CCCNc3cccc(n3)S(=O)(=O)NC(=O)c3ccc(-n4ccc(OCC5(C(F)(F)F)CC5)n4)nc3N1C2. The van der Waals surface area contributed by atoms with Gasteiger partial charge in [-0.3, -0.25) is 4.79 Å². The Labute approximate surface area is 246 Å². The summed E-state index contributed by atoms with van der Waals surface area (Å²) in [7, 11) is -4.31. The number of nitrogens with zero attached hydrogens (tertiary/aromatic N) is 5. The predicted molar refractivity (Wildman–Crippen MR) is 151 cm³/mol. The Morgan fingerprint density at radius 1 is 1.12 bits per heavy atom. The maximum atomic E-state index is 13.5. The molecule has 1 aliphatic carbocycles. The summed E-state index contributed by atoms with van der Waals surface area (Å²) >= 11 is 0. The lowest BCUT2D eigenvalue weighted by Gasteiger charge is -2.34. The van der Waals surface area contributed by atoms with E-state index in [-0.39, 0.29) is 40.9 Å². The lowest BCUT2D eigenvalue weighted by molar-refractivity contribution is -0.194. The molecule has 15 heteroatoms. The fourth-order valence-corrected chi connectivity index (χ4v) is 6.72. The molecule has 5 heterocycles. The molecular weight excluding hydrogens is 587 g/mol. The van der Waals surface area contributed by atoms with E-state index in [2.05, 4.69) is 20.1 Å². The molecule has 11 nitrogen and oxygen atoms in total. The minimum Gasteiger partial charge on any atom is -0.476 e. The molecule has 3 aromatic heterocycles. The lowest BCUT2D eigenvalue weighted by atomic mass is 9.93. The number of pyridine rings is 2. The monoisotopic (exact) mass is 619 g/mol. The summed E-state index contributed by atoms with van der Waals surface area (Å²) in [6.45, 7) is 4.77. The van der Waals surface area contributed by atoms with Gasteiger partial charge in [0.1, 0.15) is 23.7 Å². The van der Waals surface area contributed by atoms with Crippen LogP contribution in [-0.4, -0.2) is 65.5 Å². The zero-order valence-corrected chi connectivity index (χ0v) is 24.5. The van der Waals surface area contributed by atoms with E-state index in [4.69, 9.17) is 9.72 Å². The van der Waals surface area contributed by atoms with Crippen molar-refractivity contribution in [2.45, 2.75) is 62.7 Å². The van der Waals surface area contributed by atoms with Gasteiger partial charge in [0.2, 0.25) is 5.88 Å². The van der Waals surface area contributed by atoms with Gasteiger partial charge in [-0.15, -0.1) is 5.10 Å². The number of rotatable bonds is 4. The van der Waals surface area contributed by atoms with Crippen LogP contribution >= 0.6 is 0 Å². The molecular formula is C28H32F3N7O4S. The maximum absolute atomic E-state index is 13.5. The smallest absolute Gasteiger partial charge is 0.397 e. The molecule has 3 aromatic rings. The van der Waals surface area contributed by atoms with E-state index in [1.165, 1.54) is 35.1 Å². The van der Waals surface area contributed by atoms with Crippen LogP contribution in [0.15, 0.2) is 47.6 Å². The summed E-state index contributed by atoms with van der Waals surface area (Å²) in [6.07, 6.45) is -0.242. The Kier molecular flexibility index (Phi) is 7.05. The molecule has 2 aliphatic heterocycles. The average Bonchev–Trinajstić information content (AvgIpc) is 3.50. The van der Waals surface area contributed by atoms with E-state index in [0.717, 1.165) is 19.3 Å². The first-order valence-corrected chi connectivity index (χ1v) is 15.6. The third-order valence-corrected chi connectivity index (χ3v) is 9.62. The standard InChI is InChI=1S/C28H32F3N7O4S/c1-26(2)15-18-5-4-13-32-20-6-3-7-23(33-20)43(40,41)36-25(39)19-8-9-21(34-24(19)37(26)16-18)38-14-10-22(35-38)42-17-27(11-12-27)28(29,30)31/h3,6-10,14,18H,4-5,11-13,15-17H2,1-2H3,(H,32,33)(H,36,39). The van der Waals surface area contributed by atoms with E-state index in [1.807, 2.05) is 18.7 Å². The minimum absolute atomic E-state index is 0.0159. The van der Waals surface area contributed by atoms with Crippen molar-refractivity contribution in [2.24, 2.45) is 11.3 Å². The van der Waals surface area contributed by atoms with Crippen molar-refractivity contribution in [3.05, 3.63) is 48.2 Å². The first kappa shape index (κ1) is 29.2. The molecule has 4 bridgehead atoms. The highest BCUT2D eigenvalue weighted by Crippen LogP contribution is 2.57. The normalized spacial score (nSPS) is 22.4. The van der Waals surface area contributed by atoms with Gasteiger partial charge >= 0.3 is 6.18 Å². The van der Waals surface area contributed by atoms with Crippen molar-refractivity contribution in [1.82, 2.24) is 24.5 Å². The zero-order valence-electron chi connectivity index (χ0n) is 23.7. The van der Waals surface area contributed by atoms with Gasteiger partial charge in [0.05, 0.1) is 5.56 Å².